The Morgan fingerprint density at radius 3 is 1.33 bits per heavy atom. The third kappa shape index (κ3) is 6.16. The summed E-state index contributed by atoms with van der Waals surface area (Å²) in [5, 5.41) is 0. The molecule has 0 aromatic heterocycles. The average Bonchev–Trinajstić information content (AvgIpc) is 2.62. The lowest BCUT2D eigenvalue weighted by atomic mass is 9.91. The van der Waals surface area contributed by atoms with E-state index in [1.165, 1.54) is 0 Å². The van der Waals surface area contributed by atoms with Crippen LogP contribution in [0.15, 0.2) is 9.66 Å². The van der Waals surface area contributed by atoms with Gasteiger partial charge in [-0.15, -0.1) is 0 Å². The Kier molecular flexibility index (Phi) is 10.4. The molecule has 0 saturated carbocycles. The van der Waals surface area contributed by atoms with Crippen LogP contribution in [-0.4, -0.2) is 41.7 Å². The van der Waals surface area contributed by atoms with Crippen LogP contribution in [0.2, 0.25) is 0 Å². The van der Waals surface area contributed by atoms with Crippen LogP contribution >= 0.6 is 22.6 Å². The summed E-state index contributed by atoms with van der Waals surface area (Å²) in [6.07, 6.45) is -5.49. The molecule has 0 aromatic carbocycles. The van der Waals surface area contributed by atoms with E-state index in [1.807, 2.05) is 6.92 Å². The molecule has 0 saturated heterocycles. The van der Waals surface area contributed by atoms with Crippen LogP contribution in [0.5, 0.6) is 0 Å². The third-order valence-electron chi connectivity index (χ3n) is 4.46. The predicted octanol–water partition coefficient (Wildman–Crippen LogP) is 9.43. The SMILES string of the molecule is CCCCCCCCC(I)=CC(F)(F)C(F)(F)C(F)(F)C(F)(F)C(F)(F)C(F)(F)C(F)(F)F. The summed E-state index contributed by atoms with van der Waals surface area (Å²) in [5.74, 6) is -46.2. The average molecular weight is 634 g/mol. The van der Waals surface area contributed by atoms with Crippen molar-refractivity contribution < 1.29 is 65.9 Å². The molecule has 0 aliphatic carbocycles. The van der Waals surface area contributed by atoms with Gasteiger partial charge in [0.15, 0.2) is 0 Å². The predicted molar refractivity (Wildman–Crippen MR) is 95.8 cm³/mol. The van der Waals surface area contributed by atoms with Gasteiger partial charge in [0.1, 0.15) is 0 Å². The van der Waals surface area contributed by atoms with Crippen molar-refractivity contribution in [1.82, 2.24) is 0 Å². The molecule has 198 valence electrons. The number of unbranched alkanes of at least 4 members (excludes halogenated alkanes) is 5. The van der Waals surface area contributed by atoms with Crippen LogP contribution in [0.4, 0.5) is 65.9 Å². The number of halogens is 16. The Labute approximate surface area is 192 Å². The second kappa shape index (κ2) is 10.6. The number of allylic oxidation sites excluding steroid dienone is 2. The molecule has 0 nitrogen and oxygen atoms in total. The smallest absolute Gasteiger partial charge is 0.195 e. The first-order valence-corrected chi connectivity index (χ1v) is 10.2. The highest BCUT2D eigenvalue weighted by Crippen LogP contribution is 2.62. The molecule has 0 aliphatic rings. The topological polar surface area (TPSA) is 0 Å². The van der Waals surface area contributed by atoms with E-state index in [0.717, 1.165) is 41.9 Å². The molecule has 16 heteroatoms. The molecule has 0 atom stereocenters. The molecule has 0 aromatic rings. The quantitative estimate of drug-likeness (QED) is 0.108. The molecule has 0 bridgehead atoms. The Bertz CT molecular complexity index is 664. The highest BCUT2D eigenvalue weighted by molar-refractivity contribution is 14.1. The molecular formula is C17H18F15I. The van der Waals surface area contributed by atoms with E-state index in [4.69, 9.17) is 0 Å². The summed E-state index contributed by atoms with van der Waals surface area (Å²) in [5.41, 5.74) is 0. The maximum atomic E-state index is 13.8. The Hall–Kier alpha value is -0.580. The zero-order chi connectivity index (χ0) is 26.7. The molecule has 0 radical (unpaired) electrons. The minimum atomic E-state index is -8.25. The van der Waals surface area contributed by atoms with Crippen molar-refractivity contribution in [2.24, 2.45) is 0 Å². The fourth-order valence-electron chi connectivity index (χ4n) is 2.41. The van der Waals surface area contributed by atoms with E-state index in [0.29, 0.717) is 12.8 Å². The number of rotatable bonds is 13. The van der Waals surface area contributed by atoms with Crippen molar-refractivity contribution in [2.75, 3.05) is 0 Å². The highest BCUT2D eigenvalue weighted by atomic mass is 127. The Balaban J connectivity index is 5.94. The highest BCUT2D eigenvalue weighted by Gasteiger charge is 2.93. The lowest BCUT2D eigenvalue weighted by Gasteiger charge is -2.41. The van der Waals surface area contributed by atoms with E-state index in [9.17, 15) is 65.9 Å². The van der Waals surface area contributed by atoms with Crippen LogP contribution in [0.1, 0.15) is 51.9 Å². The van der Waals surface area contributed by atoms with Crippen molar-refractivity contribution in [1.29, 1.82) is 0 Å². The minimum absolute atomic E-state index is 0.0720. The first-order chi connectivity index (χ1) is 14.5. The van der Waals surface area contributed by atoms with E-state index in [2.05, 4.69) is 0 Å². The zero-order valence-electron chi connectivity index (χ0n) is 16.6. The summed E-state index contributed by atoms with van der Waals surface area (Å²) in [6.45, 7) is 1.88. The van der Waals surface area contributed by atoms with Crippen LogP contribution in [0.3, 0.4) is 0 Å². The number of alkyl halides is 15. The van der Waals surface area contributed by atoms with Gasteiger partial charge in [-0.2, -0.15) is 65.9 Å². The number of hydrogen-bond donors (Lipinski definition) is 0. The lowest BCUT2D eigenvalue weighted by Crippen LogP contribution is -2.72. The van der Waals surface area contributed by atoms with Crippen LogP contribution < -0.4 is 0 Å². The lowest BCUT2D eigenvalue weighted by molar-refractivity contribution is -0.449. The molecular weight excluding hydrogens is 616 g/mol. The summed E-state index contributed by atoms with van der Waals surface area (Å²) in [4.78, 5) is 0. The second-order valence-corrected chi connectivity index (χ2v) is 8.49. The molecule has 0 N–H and O–H groups in total. The summed E-state index contributed by atoms with van der Waals surface area (Å²) in [7, 11) is 0. The van der Waals surface area contributed by atoms with Crippen LogP contribution in [0.25, 0.3) is 0 Å². The standard InChI is InChI=1S/C17H18F15I/c1-2-3-4-5-6-7-8-10(33)9-11(18,19)12(20,21)13(22,23)14(24,25)15(26,27)16(28,29)17(30,31)32/h9H,2-8H2,1H3. The van der Waals surface area contributed by atoms with Gasteiger partial charge in [0.05, 0.1) is 0 Å². The van der Waals surface area contributed by atoms with E-state index in [1.54, 1.807) is 0 Å². The summed E-state index contributed by atoms with van der Waals surface area (Å²) in [6, 6.07) is 0. The number of hydrogen-bond acceptors (Lipinski definition) is 0. The second-order valence-electron chi connectivity index (χ2n) is 7.10. The molecule has 0 aliphatic heterocycles. The van der Waals surface area contributed by atoms with Crippen LogP contribution in [-0.2, 0) is 0 Å². The van der Waals surface area contributed by atoms with Crippen molar-refractivity contribution in [3.05, 3.63) is 9.66 Å². The fourth-order valence-corrected chi connectivity index (χ4v) is 3.19. The van der Waals surface area contributed by atoms with Gasteiger partial charge in [0.2, 0.25) is 0 Å². The largest absolute Gasteiger partial charge is 0.460 e. The molecule has 0 amide bonds. The minimum Gasteiger partial charge on any atom is -0.195 e. The van der Waals surface area contributed by atoms with Gasteiger partial charge < -0.3 is 0 Å². The van der Waals surface area contributed by atoms with Crippen molar-refractivity contribution >= 4 is 22.6 Å². The third-order valence-corrected chi connectivity index (χ3v) is 5.31. The van der Waals surface area contributed by atoms with E-state index >= 15 is 0 Å². The van der Waals surface area contributed by atoms with Gasteiger partial charge in [-0.05, 0) is 39.0 Å². The fraction of sp³-hybridized carbons (Fsp3) is 0.882. The normalized spacial score (nSPS) is 15.8. The van der Waals surface area contributed by atoms with Gasteiger partial charge in [0.25, 0.3) is 0 Å². The molecule has 0 fully saturated rings. The van der Waals surface area contributed by atoms with Gasteiger partial charge >= 0.3 is 41.7 Å². The molecule has 33 heavy (non-hydrogen) atoms. The zero-order valence-corrected chi connectivity index (χ0v) is 18.7. The van der Waals surface area contributed by atoms with Crippen LogP contribution in [0, 0.1) is 0 Å². The van der Waals surface area contributed by atoms with E-state index in [-0.39, 0.29) is 6.42 Å². The first-order valence-electron chi connectivity index (χ1n) is 9.16. The summed E-state index contributed by atoms with van der Waals surface area (Å²) < 4.78 is 196. The maximum Gasteiger partial charge on any atom is 0.460 e. The van der Waals surface area contributed by atoms with Crippen molar-refractivity contribution in [3.8, 4) is 0 Å². The Morgan fingerprint density at radius 2 is 0.909 bits per heavy atom. The van der Waals surface area contributed by atoms with Crippen molar-refractivity contribution in [3.63, 3.8) is 0 Å². The van der Waals surface area contributed by atoms with E-state index < -0.39 is 57.8 Å². The van der Waals surface area contributed by atoms with Gasteiger partial charge in [-0.25, -0.2) is 0 Å². The molecule has 0 rings (SSSR count). The Morgan fingerprint density at radius 1 is 0.545 bits per heavy atom. The first kappa shape index (κ1) is 32.4. The van der Waals surface area contributed by atoms with Gasteiger partial charge in [-0.1, -0.05) is 39.0 Å². The molecule has 0 spiro atoms. The summed E-state index contributed by atoms with van der Waals surface area (Å²) >= 11 is 0.962. The van der Waals surface area contributed by atoms with Crippen molar-refractivity contribution in [2.45, 2.75) is 93.6 Å². The monoisotopic (exact) mass is 634 g/mol. The van der Waals surface area contributed by atoms with Gasteiger partial charge in [0, 0.05) is 6.08 Å². The maximum absolute atomic E-state index is 13.8. The molecule has 0 heterocycles. The molecule has 0 unspecified atom stereocenters. The van der Waals surface area contributed by atoms with Gasteiger partial charge in [-0.3, -0.25) is 0 Å².